The first-order chi connectivity index (χ1) is 8.81. The number of hydrogen-bond acceptors (Lipinski definition) is 4. The molecule has 4 nitrogen and oxygen atoms in total. The topological polar surface area (TPSA) is 64.7 Å². The Kier molecular flexibility index (Phi) is 2.61. The van der Waals surface area contributed by atoms with Crippen LogP contribution in [-0.4, -0.2) is 15.0 Å². The molecule has 0 saturated carbocycles. The van der Waals surface area contributed by atoms with Crippen molar-refractivity contribution < 1.29 is 0 Å². The number of anilines is 1. The zero-order chi connectivity index (χ0) is 12.4. The predicted octanol–water partition coefficient (Wildman–Crippen LogP) is 2.20. The summed E-state index contributed by atoms with van der Waals surface area (Å²) in [4.78, 5) is 13.0. The highest BCUT2D eigenvalue weighted by Crippen LogP contribution is 2.14. The van der Waals surface area contributed by atoms with Crippen LogP contribution in [0.3, 0.4) is 0 Å². The molecule has 0 radical (unpaired) electrons. The minimum absolute atomic E-state index is 0.705. The Balaban J connectivity index is 1.96. The van der Waals surface area contributed by atoms with Gasteiger partial charge >= 0.3 is 0 Å². The van der Waals surface area contributed by atoms with Crippen LogP contribution in [0.5, 0.6) is 0 Å². The van der Waals surface area contributed by atoms with Crippen molar-refractivity contribution in [3.05, 3.63) is 60.2 Å². The van der Waals surface area contributed by atoms with E-state index in [2.05, 4.69) is 15.0 Å². The summed E-state index contributed by atoms with van der Waals surface area (Å²) >= 11 is 0. The Morgan fingerprint density at radius 2 is 2.00 bits per heavy atom. The van der Waals surface area contributed by atoms with E-state index in [1.165, 1.54) is 0 Å². The number of hydrogen-bond donors (Lipinski definition) is 1. The average molecular weight is 236 g/mol. The molecule has 3 aromatic rings. The maximum Gasteiger partial charge on any atom is 0.0907 e. The molecular weight excluding hydrogens is 224 g/mol. The minimum atomic E-state index is 0.705. The number of pyridine rings is 1. The lowest BCUT2D eigenvalue weighted by Gasteiger charge is -2.03. The number of aromatic nitrogens is 3. The van der Waals surface area contributed by atoms with Crippen molar-refractivity contribution in [3.63, 3.8) is 0 Å². The van der Waals surface area contributed by atoms with Crippen molar-refractivity contribution in [1.82, 2.24) is 15.0 Å². The molecule has 3 rings (SSSR count). The average Bonchev–Trinajstić information content (AvgIpc) is 2.40. The van der Waals surface area contributed by atoms with Crippen LogP contribution in [0.1, 0.15) is 11.3 Å². The summed E-state index contributed by atoms with van der Waals surface area (Å²) in [6.45, 7) is 0. The third-order valence-corrected chi connectivity index (χ3v) is 2.72. The number of nitrogen functional groups attached to an aromatic ring is 1. The zero-order valence-electron chi connectivity index (χ0n) is 9.74. The molecule has 0 unspecified atom stereocenters. The Labute approximate surface area is 105 Å². The van der Waals surface area contributed by atoms with Crippen molar-refractivity contribution in [2.75, 3.05) is 5.73 Å². The van der Waals surface area contributed by atoms with Gasteiger partial charge in [0.15, 0.2) is 0 Å². The van der Waals surface area contributed by atoms with Crippen LogP contribution in [0, 0.1) is 0 Å². The summed E-state index contributed by atoms with van der Waals surface area (Å²) in [6, 6.07) is 9.51. The van der Waals surface area contributed by atoms with E-state index >= 15 is 0 Å². The fourth-order valence-corrected chi connectivity index (χ4v) is 1.86. The molecule has 2 aromatic heterocycles. The summed E-state index contributed by atoms with van der Waals surface area (Å²) < 4.78 is 0. The van der Waals surface area contributed by atoms with Crippen LogP contribution in [0.25, 0.3) is 11.0 Å². The SMILES string of the molecule is Nc1ccc2nc(Cc3cccnc3)cnc2c1. The largest absolute Gasteiger partial charge is 0.399 e. The van der Waals surface area contributed by atoms with Crippen molar-refractivity contribution in [2.45, 2.75) is 6.42 Å². The van der Waals surface area contributed by atoms with Gasteiger partial charge in [-0.1, -0.05) is 6.07 Å². The highest BCUT2D eigenvalue weighted by Gasteiger charge is 2.01. The maximum absolute atomic E-state index is 5.71. The van der Waals surface area contributed by atoms with Crippen LogP contribution in [0.15, 0.2) is 48.9 Å². The summed E-state index contributed by atoms with van der Waals surface area (Å²) in [6.07, 6.45) is 6.13. The minimum Gasteiger partial charge on any atom is -0.399 e. The van der Waals surface area contributed by atoms with Crippen LogP contribution >= 0.6 is 0 Å². The van der Waals surface area contributed by atoms with Crippen molar-refractivity contribution in [3.8, 4) is 0 Å². The summed E-state index contributed by atoms with van der Waals surface area (Å²) in [7, 11) is 0. The number of rotatable bonds is 2. The summed E-state index contributed by atoms with van der Waals surface area (Å²) in [5, 5.41) is 0. The van der Waals surface area contributed by atoms with Gasteiger partial charge in [-0.2, -0.15) is 0 Å². The molecule has 0 aliphatic heterocycles. The lowest BCUT2D eigenvalue weighted by molar-refractivity contribution is 1.05. The van der Waals surface area contributed by atoms with Crippen molar-refractivity contribution >= 4 is 16.7 Å². The molecule has 0 spiro atoms. The molecule has 0 fully saturated rings. The van der Waals surface area contributed by atoms with Gasteiger partial charge < -0.3 is 5.73 Å². The number of nitrogens with two attached hydrogens (primary N) is 1. The summed E-state index contributed by atoms with van der Waals surface area (Å²) in [5.41, 5.74) is 10.2. The first-order valence-electron chi connectivity index (χ1n) is 5.71. The van der Waals surface area contributed by atoms with Crippen LogP contribution < -0.4 is 5.73 Å². The standard InChI is InChI=1S/C14H12N4/c15-11-3-4-13-14(7-11)17-9-12(18-13)6-10-2-1-5-16-8-10/h1-5,7-9H,6,15H2. The molecule has 0 bridgehead atoms. The van der Waals surface area contributed by atoms with Gasteiger partial charge in [0.25, 0.3) is 0 Å². The Morgan fingerprint density at radius 1 is 1.06 bits per heavy atom. The second-order valence-corrected chi connectivity index (χ2v) is 4.15. The number of fused-ring (bicyclic) bond motifs is 1. The smallest absolute Gasteiger partial charge is 0.0907 e. The van der Waals surface area contributed by atoms with Gasteiger partial charge in [0, 0.05) is 30.7 Å². The number of benzene rings is 1. The Bertz CT molecular complexity index is 680. The molecule has 0 amide bonds. The van der Waals surface area contributed by atoms with E-state index in [1.54, 1.807) is 12.4 Å². The van der Waals surface area contributed by atoms with E-state index in [9.17, 15) is 0 Å². The highest BCUT2D eigenvalue weighted by molar-refractivity contribution is 5.77. The normalized spacial score (nSPS) is 10.7. The van der Waals surface area contributed by atoms with Crippen LogP contribution in [0.4, 0.5) is 5.69 Å². The van der Waals surface area contributed by atoms with Crippen molar-refractivity contribution in [1.29, 1.82) is 0 Å². The fourth-order valence-electron chi connectivity index (χ4n) is 1.86. The monoisotopic (exact) mass is 236 g/mol. The van der Waals surface area contributed by atoms with E-state index in [0.717, 1.165) is 28.7 Å². The number of nitrogens with zero attached hydrogens (tertiary/aromatic N) is 3. The second-order valence-electron chi connectivity index (χ2n) is 4.15. The van der Waals surface area contributed by atoms with E-state index < -0.39 is 0 Å². The Morgan fingerprint density at radius 3 is 2.83 bits per heavy atom. The molecule has 0 aliphatic carbocycles. The second kappa shape index (κ2) is 4.41. The molecule has 0 aliphatic rings. The van der Waals surface area contributed by atoms with Gasteiger partial charge in [0.1, 0.15) is 0 Å². The third kappa shape index (κ3) is 2.13. The lowest BCUT2D eigenvalue weighted by atomic mass is 10.1. The van der Waals surface area contributed by atoms with Gasteiger partial charge in [-0.25, -0.2) is 4.98 Å². The molecule has 2 N–H and O–H groups in total. The Hall–Kier alpha value is -2.49. The molecule has 0 atom stereocenters. The third-order valence-electron chi connectivity index (χ3n) is 2.72. The van der Waals surface area contributed by atoms with Gasteiger partial charge in [0.2, 0.25) is 0 Å². The molecular formula is C14H12N4. The van der Waals surface area contributed by atoms with Gasteiger partial charge in [-0.15, -0.1) is 0 Å². The molecule has 1 aromatic carbocycles. The molecule has 0 saturated heterocycles. The first-order valence-corrected chi connectivity index (χ1v) is 5.71. The fraction of sp³-hybridized carbons (Fsp3) is 0.0714. The zero-order valence-corrected chi connectivity index (χ0v) is 9.74. The quantitative estimate of drug-likeness (QED) is 0.693. The van der Waals surface area contributed by atoms with Gasteiger partial charge in [-0.05, 0) is 29.8 Å². The molecule has 4 heteroatoms. The lowest BCUT2D eigenvalue weighted by Crippen LogP contribution is -1.96. The predicted molar refractivity (Wildman–Crippen MR) is 71.0 cm³/mol. The van der Waals surface area contributed by atoms with Gasteiger partial charge in [-0.3, -0.25) is 9.97 Å². The summed E-state index contributed by atoms with van der Waals surface area (Å²) in [5.74, 6) is 0. The maximum atomic E-state index is 5.71. The highest BCUT2D eigenvalue weighted by atomic mass is 14.8. The molecule has 88 valence electrons. The molecule has 2 heterocycles. The van der Waals surface area contributed by atoms with Crippen LogP contribution in [0.2, 0.25) is 0 Å². The van der Waals surface area contributed by atoms with E-state index in [1.807, 2.05) is 36.5 Å². The van der Waals surface area contributed by atoms with E-state index in [0.29, 0.717) is 5.69 Å². The van der Waals surface area contributed by atoms with E-state index in [-0.39, 0.29) is 0 Å². The van der Waals surface area contributed by atoms with Crippen LogP contribution in [-0.2, 0) is 6.42 Å². The first kappa shape index (κ1) is 10.7. The molecule has 18 heavy (non-hydrogen) atoms. The van der Waals surface area contributed by atoms with Crippen molar-refractivity contribution in [2.24, 2.45) is 0 Å². The van der Waals surface area contributed by atoms with E-state index in [4.69, 9.17) is 5.73 Å². The van der Waals surface area contributed by atoms with Gasteiger partial charge in [0.05, 0.1) is 16.7 Å².